The normalized spacial score (nSPS) is 11.8. The summed E-state index contributed by atoms with van der Waals surface area (Å²) in [5.41, 5.74) is 3.11. The van der Waals surface area contributed by atoms with Crippen LogP contribution in [0.15, 0.2) is 28.8 Å². The highest BCUT2D eigenvalue weighted by Crippen LogP contribution is 2.39. The number of amides is 1. The second kappa shape index (κ2) is 11.1. The number of aliphatic hydroxyl groups is 2. The van der Waals surface area contributed by atoms with Crippen molar-refractivity contribution in [3.63, 3.8) is 0 Å². The van der Waals surface area contributed by atoms with E-state index in [0.29, 0.717) is 23.0 Å². The fraction of sp³-hybridized carbons (Fsp3) is 0.364. The first-order valence-corrected chi connectivity index (χ1v) is 10.6. The maximum atomic E-state index is 11.1. The monoisotopic (exact) mass is 476 g/mol. The van der Waals surface area contributed by atoms with Crippen LogP contribution < -0.4 is 14.8 Å². The Morgan fingerprint density at radius 2 is 2.03 bits per heavy atom. The molecule has 176 valence electrons. The predicted octanol–water partition coefficient (Wildman–Crippen LogP) is 2.18. The van der Waals surface area contributed by atoms with Crippen molar-refractivity contribution in [1.29, 1.82) is 0 Å². The van der Waals surface area contributed by atoms with Gasteiger partial charge in [0.25, 0.3) is 5.89 Å². The number of nitrogens with one attached hydrogen (secondary N) is 1. The summed E-state index contributed by atoms with van der Waals surface area (Å²) < 4.78 is 16.4. The van der Waals surface area contributed by atoms with E-state index < -0.39 is 18.6 Å². The Balaban J connectivity index is 1.79. The molecule has 0 saturated heterocycles. The number of halogens is 1. The summed E-state index contributed by atoms with van der Waals surface area (Å²) in [6.45, 7) is 3.02. The van der Waals surface area contributed by atoms with Crippen LogP contribution in [0, 0.1) is 6.92 Å². The number of methoxy groups -OCH3 is 1. The molecule has 0 saturated carbocycles. The minimum atomic E-state index is -1.02. The SMILES string of the molecule is CCc1cc(-c2nc(-c3cc(Cl)c(OC[C@H](O)CNC(=O)CO)c(OC)c3)no2)cc(C)n1. The van der Waals surface area contributed by atoms with Gasteiger partial charge in [-0.05, 0) is 37.6 Å². The molecule has 0 radical (unpaired) electrons. The van der Waals surface area contributed by atoms with Crippen molar-refractivity contribution < 1.29 is 29.0 Å². The Labute approximate surface area is 195 Å². The Morgan fingerprint density at radius 1 is 1.24 bits per heavy atom. The van der Waals surface area contributed by atoms with Crippen molar-refractivity contribution in [3.05, 3.63) is 40.7 Å². The summed E-state index contributed by atoms with van der Waals surface area (Å²) in [5, 5.41) is 25.3. The van der Waals surface area contributed by atoms with Crippen molar-refractivity contribution in [2.24, 2.45) is 0 Å². The second-order valence-corrected chi connectivity index (χ2v) is 7.59. The van der Waals surface area contributed by atoms with Gasteiger partial charge in [0.15, 0.2) is 11.5 Å². The van der Waals surface area contributed by atoms with E-state index in [0.717, 1.165) is 23.4 Å². The fourth-order valence-corrected chi connectivity index (χ4v) is 3.28. The standard InChI is InChI=1S/C22H25ClN4O6/c1-4-15-6-14(5-12(2)25-15)22-26-21(27-33-22)13-7-17(23)20(18(8-13)31-3)32-11-16(29)9-24-19(30)10-28/h5-8,16,28-29H,4,9-11H2,1-3H3,(H,24,30)/t16-/m1/s1. The number of carbonyl (C=O) groups excluding carboxylic acids is 1. The highest BCUT2D eigenvalue weighted by atomic mass is 35.5. The van der Waals surface area contributed by atoms with Crippen LogP contribution in [-0.2, 0) is 11.2 Å². The number of benzene rings is 1. The van der Waals surface area contributed by atoms with Gasteiger partial charge in [-0.15, -0.1) is 0 Å². The molecule has 0 aliphatic rings. The van der Waals surface area contributed by atoms with Crippen LogP contribution in [0.3, 0.4) is 0 Å². The number of pyridine rings is 1. The quantitative estimate of drug-likeness (QED) is 0.401. The van der Waals surface area contributed by atoms with Crippen molar-refractivity contribution in [2.75, 3.05) is 26.9 Å². The van der Waals surface area contributed by atoms with Crippen molar-refractivity contribution in [1.82, 2.24) is 20.4 Å². The van der Waals surface area contributed by atoms with Crippen molar-refractivity contribution in [2.45, 2.75) is 26.4 Å². The van der Waals surface area contributed by atoms with E-state index in [1.54, 1.807) is 12.1 Å². The lowest BCUT2D eigenvalue weighted by Gasteiger charge is -2.16. The molecule has 1 aromatic carbocycles. The molecule has 1 atom stereocenters. The number of nitrogens with zero attached hydrogens (tertiary/aromatic N) is 3. The second-order valence-electron chi connectivity index (χ2n) is 7.18. The lowest BCUT2D eigenvalue weighted by molar-refractivity contribution is -0.124. The first kappa shape index (κ1) is 24.4. The zero-order chi connectivity index (χ0) is 24.0. The molecular formula is C22H25ClN4O6. The molecule has 33 heavy (non-hydrogen) atoms. The third-order valence-electron chi connectivity index (χ3n) is 4.63. The van der Waals surface area contributed by atoms with Crippen LogP contribution in [-0.4, -0.2) is 64.2 Å². The van der Waals surface area contributed by atoms with E-state index >= 15 is 0 Å². The summed E-state index contributed by atoms with van der Waals surface area (Å²) in [5.74, 6) is 0.603. The molecule has 1 amide bonds. The first-order chi connectivity index (χ1) is 15.8. The highest BCUT2D eigenvalue weighted by Gasteiger charge is 2.19. The van der Waals surface area contributed by atoms with Gasteiger partial charge in [-0.2, -0.15) is 4.98 Å². The van der Waals surface area contributed by atoms with Gasteiger partial charge in [0.05, 0.1) is 12.1 Å². The van der Waals surface area contributed by atoms with E-state index in [-0.39, 0.29) is 23.9 Å². The molecule has 0 unspecified atom stereocenters. The maximum Gasteiger partial charge on any atom is 0.258 e. The lowest BCUT2D eigenvalue weighted by atomic mass is 10.1. The molecule has 11 heteroatoms. The molecule has 0 aliphatic heterocycles. The summed E-state index contributed by atoms with van der Waals surface area (Å²) in [4.78, 5) is 20.0. The van der Waals surface area contributed by atoms with Crippen LogP contribution in [0.5, 0.6) is 11.5 Å². The first-order valence-electron chi connectivity index (χ1n) is 10.2. The van der Waals surface area contributed by atoms with E-state index in [1.165, 1.54) is 7.11 Å². The topological polar surface area (TPSA) is 140 Å². The number of carbonyl (C=O) groups is 1. The third-order valence-corrected chi connectivity index (χ3v) is 4.91. The van der Waals surface area contributed by atoms with E-state index in [2.05, 4.69) is 20.4 Å². The Bertz CT molecular complexity index is 1120. The minimum absolute atomic E-state index is 0.0860. The number of rotatable bonds is 10. The third kappa shape index (κ3) is 6.19. The van der Waals surface area contributed by atoms with Gasteiger partial charge in [0, 0.05) is 29.1 Å². The molecule has 0 aliphatic carbocycles. The molecule has 2 heterocycles. The summed E-state index contributed by atoms with van der Waals surface area (Å²) >= 11 is 6.40. The minimum Gasteiger partial charge on any atom is -0.493 e. The number of ether oxygens (including phenoxy) is 2. The molecule has 2 aromatic heterocycles. The van der Waals surface area contributed by atoms with Gasteiger partial charge >= 0.3 is 0 Å². The van der Waals surface area contributed by atoms with Crippen LogP contribution >= 0.6 is 11.6 Å². The zero-order valence-electron chi connectivity index (χ0n) is 18.5. The highest BCUT2D eigenvalue weighted by molar-refractivity contribution is 6.32. The van der Waals surface area contributed by atoms with Crippen molar-refractivity contribution >= 4 is 17.5 Å². The number of hydrogen-bond acceptors (Lipinski definition) is 9. The molecule has 0 bridgehead atoms. The molecule has 3 aromatic rings. The Hall–Kier alpha value is -3.21. The van der Waals surface area contributed by atoms with Crippen molar-refractivity contribution in [3.8, 4) is 34.3 Å². The van der Waals surface area contributed by atoms with Crippen LogP contribution in [0.1, 0.15) is 18.3 Å². The molecule has 3 rings (SSSR count). The smallest absolute Gasteiger partial charge is 0.258 e. The lowest BCUT2D eigenvalue weighted by Crippen LogP contribution is -2.36. The van der Waals surface area contributed by atoms with Gasteiger partial charge in [-0.25, -0.2) is 0 Å². The van der Waals surface area contributed by atoms with E-state index in [4.69, 9.17) is 30.7 Å². The average Bonchev–Trinajstić information content (AvgIpc) is 3.31. The van der Waals surface area contributed by atoms with Gasteiger partial charge in [-0.3, -0.25) is 9.78 Å². The summed E-state index contributed by atoms with van der Waals surface area (Å²) in [6, 6.07) is 7.02. The average molecular weight is 477 g/mol. The fourth-order valence-electron chi connectivity index (χ4n) is 3.01. The van der Waals surface area contributed by atoms with Crippen LogP contribution in [0.4, 0.5) is 0 Å². The zero-order valence-corrected chi connectivity index (χ0v) is 19.2. The molecule has 0 spiro atoms. The van der Waals surface area contributed by atoms with Gasteiger partial charge < -0.3 is 29.5 Å². The Morgan fingerprint density at radius 3 is 2.73 bits per heavy atom. The number of aliphatic hydroxyl groups excluding tert-OH is 2. The molecule has 10 nitrogen and oxygen atoms in total. The van der Waals surface area contributed by atoms with Gasteiger partial charge in [-0.1, -0.05) is 23.7 Å². The molecule has 3 N–H and O–H groups in total. The molecule has 0 fully saturated rings. The van der Waals surface area contributed by atoms with E-state index in [1.807, 2.05) is 26.0 Å². The van der Waals surface area contributed by atoms with Gasteiger partial charge in [0.2, 0.25) is 11.7 Å². The predicted molar refractivity (Wildman–Crippen MR) is 120 cm³/mol. The number of aryl methyl sites for hydroxylation is 2. The summed E-state index contributed by atoms with van der Waals surface area (Å²) in [7, 11) is 1.45. The number of aromatic nitrogens is 3. The largest absolute Gasteiger partial charge is 0.493 e. The Kier molecular flexibility index (Phi) is 8.21. The molecular weight excluding hydrogens is 452 g/mol. The van der Waals surface area contributed by atoms with Crippen LogP contribution in [0.2, 0.25) is 5.02 Å². The van der Waals surface area contributed by atoms with Crippen LogP contribution in [0.25, 0.3) is 22.8 Å². The maximum absolute atomic E-state index is 11.1. The number of hydrogen-bond donors (Lipinski definition) is 3. The van der Waals surface area contributed by atoms with E-state index in [9.17, 15) is 9.90 Å². The summed E-state index contributed by atoms with van der Waals surface area (Å²) in [6.07, 6.45) is -0.232. The van der Waals surface area contributed by atoms with Gasteiger partial charge in [0.1, 0.15) is 19.3 Å².